The van der Waals surface area contributed by atoms with E-state index in [1.165, 1.54) is 0 Å². The number of hydrogen-bond donors (Lipinski definition) is 1. The minimum Gasteiger partial charge on any atom is -0.497 e. The van der Waals surface area contributed by atoms with E-state index in [1.54, 1.807) is 45.3 Å². The third-order valence-corrected chi connectivity index (χ3v) is 6.70. The lowest BCUT2D eigenvalue weighted by Crippen LogP contribution is -2.54. The predicted octanol–water partition coefficient (Wildman–Crippen LogP) is 3.50. The number of carbonyl (C=O) groups is 2. The molecule has 1 fully saturated rings. The molecule has 1 saturated heterocycles. The highest BCUT2D eigenvalue weighted by molar-refractivity contribution is 6.31. The first-order valence-corrected chi connectivity index (χ1v) is 11.0. The summed E-state index contributed by atoms with van der Waals surface area (Å²) in [6.45, 7) is 0.667. The van der Waals surface area contributed by atoms with Crippen LogP contribution < -0.4 is 14.8 Å². The Morgan fingerprint density at radius 1 is 1.19 bits per heavy atom. The van der Waals surface area contributed by atoms with Gasteiger partial charge in [0.25, 0.3) is 5.91 Å². The van der Waals surface area contributed by atoms with Crippen LogP contribution in [0, 0.1) is 0 Å². The maximum Gasteiger partial charge on any atom is 0.254 e. The summed E-state index contributed by atoms with van der Waals surface area (Å²) >= 11 is 6.41. The quantitative estimate of drug-likeness (QED) is 0.719. The van der Waals surface area contributed by atoms with Gasteiger partial charge in [-0.25, -0.2) is 0 Å². The average Bonchev–Trinajstić information content (AvgIpc) is 3.34. The lowest BCUT2D eigenvalue weighted by atomic mass is 9.80. The number of likely N-dealkylation sites (tertiary alicyclic amines) is 1. The Morgan fingerprint density at radius 3 is 2.66 bits per heavy atom. The molecule has 0 radical (unpaired) electrons. The molecule has 0 aliphatic carbocycles. The smallest absolute Gasteiger partial charge is 0.254 e. The van der Waals surface area contributed by atoms with Crippen LogP contribution in [0.2, 0.25) is 5.02 Å². The summed E-state index contributed by atoms with van der Waals surface area (Å²) in [4.78, 5) is 30.2. The summed E-state index contributed by atoms with van der Waals surface area (Å²) in [6.07, 6.45) is 2.04. The van der Waals surface area contributed by atoms with Crippen molar-refractivity contribution < 1.29 is 19.1 Å². The van der Waals surface area contributed by atoms with Crippen LogP contribution in [0.3, 0.4) is 0 Å². The van der Waals surface area contributed by atoms with E-state index >= 15 is 0 Å². The lowest BCUT2D eigenvalue weighted by Gasteiger charge is -2.42. The van der Waals surface area contributed by atoms with E-state index in [0.717, 1.165) is 18.4 Å². The standard InChI is InChI=1S/C24H28ClN3O4/c1-27(2)22(29)13-16-6-5-11-28(16)24(18-9-8-17(31-3)14-21(18)32-4)19-12-15(25)7-10-20(19)26-23(24)30/h7-10,12,14,16H,5-6,11,13H2,1-4H3,(H,26,30)/t16-,24?/m0/s1. The van der Waals surface area contributed by atoms with Crippen molar-refractivity contribution in [3.05, 3.63) is 52.5 Å². The van der Waals surface area contributed by atoms with E-state index in [9.17, 15) is 9.59 Å². The Bertz CT molecular complexity index is 1060. The van der Waals surface area contributed by atoms with Crippen LogP contribution in [0.25, 0.3) is 0 Å². The summed E-state index contributed by atoms with van der Waals surface area (Å²) < 4.78 is 11.1. The van der Waals surface area contributed by atoms with E-state index in [1.807, 2.05) is 24.3 Å². The first-order valence-electron chi connectivity index (χ1n) is 10.6. The second-order valence-electron chi connectivity index (χ2n) is 8.40. The van der Waals surface area contributed by atoms with E-state index in [2.05, 4.69) is 10.2 Å². The van der Waals surface area contributed by atoms with Gasteiger partial charge in [-0.05, 0) is 43.2 Å². The minimum atomic E-state index is -1.17. The van der Waals surface area contributed by atoms with Crippen LogP contribution in [0.1, 0.15) is 30.4 Å². The van der Waals surface area contributed by atoms with Crippen molar-refractivity contribution >= 4 is 29.1 Å². The summed E-state index contributed by atoms with van der Waals surface area (Å²) in [5.74, 6) is 1.02. The molecule has 0 bridgehead atoms. The second kappa shape index (κ2) is 8.64. The molecule has 0 saturated carbocycles. The highest BCUT2D eigenvalue weighted by Crippen LogP contribution is 2.52. The van der Waals surface area contributed by atoms with Gasteiger partial charge in [0.1, 0.15) is 11.5 Å². The van der Waals surface area contributed by atoms with Gasteiger partial charge in [0.2, 0.25) is 5.91 Å². The molecule has 170 valence electrons. The molecule has 2 atom stereocenters. The molecule has 7 nitrogen and oxygen atoms in total. The number of fused-ring (bicyclic) bond motifs is 1. The molecule has 2 aliphatic heterocycles. The van der Waals surface area contributed by atoms with Crippen LogP contribution in [0.4, 0.5) is 5.69 Å². The lowest BCUT2D eigenvalue weighted by molar-refractivity contribution is -0.132. The molecule has 8 heteroatoms. The Labute approximate surface area is 193 Å². The largest absolute Gasteiger partial charge is 0.497 e. The fourth-order valence-electron chi connectivity index (χ4n) is 4.94. The monoisotopic (exact) mass is 457 g/mol. The van der Waals surface area contributed by atoms with Crippen molar-refractivity contribution in [2.24, 2.45) is 0 Å². The van der Waals surface area contributed by atoms with Gasteiger partial charge in [-0.2, -0.15) is 0 Å². The minimum absolute atomic E-state index is 0.0310. The second-order valence-corrected chi connectivity index (χ2v) is 8.84. The maximum atomic E-state index is 13.9. The van der Waals surface area contributed by atoms with Gasteiger partial charge < -0.3 is 19.7 Å². The number of amides is 2. The van der Waals surface area contributed by atoms with Gasteiger partial charge in [-0.3, -0.25) is 14.5 Å². The zero-order valence-electron chi connectivity index (χ0n) is 18.8. The predicted molar refractivity (Wildman–Crippen MR) is 123 cm³/mol. The molecule has 4 rings (SSSR count). The van der Waals surface area contributed by atoms with Gasteiger partial charge in [-0.1, -0.05) is 11.6 Å². The molecule has 0 spiro atoms. The highest BCUT2D eigenvalue weighted by atomic mass is 35.5. The van der Waals surface area contributed by atoms with Gasteiger partial charge in [0.05, 0.1) is 14.2 Å². The molecule has 2 aliphatic rings. The molecular formula is C24H28ClN3O4. The first-order chi connectivity index (χ1) is 15.3. The molecule has 2 amide bonds. The Balaban J connectivity index is 1.95. The molecule has 2 aromatic carbocycles. The SMILES string of the molecule is COc1ccc(C2(N3CCC[C@H]3CC(=O)N(C)C)C(=O)Nc3ccc(Cl)cc32)c(OC)c1. The van der Waals surface area contributed by atoms with Crippen molar-refractivity contribution in [2.45, 2.75) is 30.8 Å². The molecular weight excluding hydrogens is 430 g/mol. The van der Waals surface area contributed by atoms with Crippen molar-refractivity contribution in [1.29, 1.82) is 0 Å². The number of methoxy groups -OCH3 is 2. The van der Waals surface area contributed by atoms with Crippen molar-refractivity contribution in [3.8, 4) is 11.5 Å². The summed E-state index contributed by atoms with van der Waals surface area (Å²) in [6, 6.07) is 10.8. The maximum absolute atomic E-state index is 13.9. The van der Waals surface area contributed by atoms with E-state index in [-0.39, 0.29) is 17.9 Å². The molecule has 2 heterocycles. The number of anilines is 1. The zero-order chi connectivity index (χ0) is 23.0. The number of nitrogens with zero attached hydrogens (tertiary/aromatic N) is 2. The number of nitrogens with one attached hydrogen (secondary N) is 1. The summed E-state index contributed by atoms with van der Waals surface area (Å²) in [5.41, 5.74) is 0.999. The number of rotatable bonds is 6. The average molecular weight is 458 g/mol. The van der Waals surface area contributed by atoms with Gasteiger partial charge in [0.15, 0.2) is 5.54 Å². The molecule has 32 heavy (non-hydrogen) atoms. The van der Waals surface area contributed by atoms with Crippen LogP contribution >= 0.6 is 11.6 Å². The number of hydrogen-bond acceptors (Lipinski definition) is 5. The normalized spacial score (nSPS) is 22.4. The third-order valence-electron chi connectivity index (χ3n) is 6.46. The third kappa shape index (κ3) is 3.49. The summed E-state index contributed by atoms with van der Waals surface area (Å²) in [5, 5.41) is 3.59. The van der Waals surface area contributed by atoms with Crippen molar-refractivity contribution in [1.82, 2.24) is 9.80 Å². The number of carbonyl (C=O) groups excluding carboxylic acids is 2. The molecule has 0 aromatic heterocycles. The molecule has 1 N–H and O–H groups in total. The van der Waals surface area contributed by atoms with Crippen LogP contribution in [-0.4, -0.2) is 62.5 Å². The van der Waals surface area contributed by atoms with Crippen LogP contribution in [0.5, 0.6) is 11.5 Å². The first kappa shape index (κ1) is 22.4. The Hall–Kier alpha value is -2.77. The topological polar surface area (TPSA) is 71.1 Å². The van der Waals surface area contributed by atoms with Crippen molar-refractivity contribution in [2.75, 3.05) is 40.2 Å². The number of benzene rings is 2. The molecule has 2 aromatic rings. The van der Waals surface area contributed by atoms with E-state index in [4.69, 9.17) is 21.1 Å². The number of halogens is 1. The van der Waals surface area contributed by atoms with Gasteiger partial charge in [0, 0.05) is 61.0 Å². The van der Waals surface area contributed by atoms with E-state index in [0.29, 0.717) is 40.7 Å². The fraction of sp³-hybridized carbons (Fsp3) is 0.417. The highest BCUT2D eigenvalue weighted by Gasteiger charge is 2.57. The van der Waals surface area contributed by atoms with Crippen LogP contribution in [0.15, 0.2) is 36.4 Å². The summed E-state index contributed by atoms with van der Waals surface area (Å²) in [7, 11) is 6.67. The zero-order valence-corrected chi connectivity index (χ0v) is 19.5. The van der Waals surface area contributed by atoms with Crippen molar-refractivity contribution in [3.63, 3.8) is 0 Å². The number of ether oxygens (including phenoxy) is 2. The Kier molecular flexibility index (Phi) is 6.05. The fourth-order valence-corrected chi connectivity index (χ4v) is 5.11. The molecule has 1 unspecified atom stereocenters. The van der Waals surface area contributed by atoms with Gasteiger partial charge >= 0.3 is 0 Å². The van der Waals surface area contributed by atoms with E-state index < -0.39 is 5.54 Å². The van der Waals surface area contributed by atoms with Gasteiger partial charge in [-0.15, -0.1) is 0 Å². The Morgan fingerprint density at radius 2 is 1.97 bits per heavy atom. The van der Waals surface area contributed by atoms with Crippen LogP contribution in [-0.2, 0) is 15.1 Å².